The van der Waals surface area contributed by atoms with Gasteiger partial charge in [-0.3, -0.25) is 4.79 Å². The summed E-state index contributed by atoms with van der Waals surface area (Å²) in [5.74, 6) is 0.691. The number of amides is 1. The lowest BCUT2D eigenvalue weighted by molar-refractivity contribution is -0.133. The molecule has 2 atom stereocenters. The van der Waals surface area contributed by atoms with Crippen molar-refractivity contribution in [1.29, 1.82) is 0 Å². The number of nitrogens with zero attached hydrogens (tertiary/aromatic N) is 2. The molecule has 8 heteroatoms. The smallest absolute Gasteiger partial charge is 0.243 e. The van der Waals surface area contributed by atoms with Crippen LogP contribution in [0.5, 0.6) is 0 Å². The molecule has 1 aliphatic carbocycles. The van der Waals surface area contributed by atoms with Crippen molar-refractivity contribution in [3.05, 3.63) is 0 Å². The highest BCUT2D eigenvalue weighted by atomic mass is 127. The van der Waals surface area contributed by atoms with Crippen LogP contribution in [0.2, 0.25) is 0 Å². The summed E-state index contributed by atoms with van der Waals surface area (Å²) in [5, 5.41) is 6.92. The second-order valence-electron chi connectivity index (χ2n) is 7.25. The fraction of sp³-hybridized carbons (Fsp3) is 0.900. The molecule has 2 N–H and O–H groups in total. The average molecular weight is 512 g/mol. The van der Waals surface area contributed by atoms with Crippen molar-refractivity contribution in [3.63, 3.8) is 0 Å². The van der Waals surface area contributed by atoms with E-state index >= 15 is 0 Å². The van der Waals surface area contributed by atoms with Gasteiger partial charge in [0.15, 0.2) is 5.96 Å². The molecule has 2 unspecified atom stereocenters. The molecule has 1 amide bonds. The fourth-order valence-electron chi connectivity index (χ4n) is 3.71. The zero-order valence-corrected chi connectivity index (χ0v) is 20.9. The topological polar surface area (TPSA) is 75.2 Å². The first-order valence-electron chi connectivity index (χ1n) is 10.4. The van der Waals surface area contributed by atoms with Crippen LogP contribution in [0.15, 0.2) is 4.99 Å². The number of carbonyl (C=O) groups is 1. The number of halogens is 1. The lowest BCUT2D eigenvalue weighted by Crippen LogP contribution is -2.65. The molecule has 0 spiro atoms. The third-order valence-corrected chi connectivity index (χ3v) is 5.61. The lowest BCUT2D eigenvalue weighted by atomic mass is 9.58. The molecular weight excluding hydrogens is 471 g/mol. The second-order valence-corrected chi connectivity index (χ2v) is 7.25. The molecule has 0 heterocycles. The Morgan fingerprint density at radius 1 is 1.18 bits per heavy atom. The quantitative estimate of drug-likeness (QED) is 0.182. The number of likely N-dealkylation sites (N-methyl/N-ethyl adjacent to an activating group) is 1. The van der Waals surface area contributed by atoms with E-state index in [9.17, 15) is 4.79 Å². The Balaban J connectivity index is 0.00000729. The van der Waals surface area contributed by atoms with Gasteiger partial charge in [-0.25, -0.2) is 4.99 Å². The van der Waals surface area contributed by atoms with Gasteiger partial charge in [-0.05, 0) is 39.5 Å². The Kier molecular flexibility index (Phi) is 14.1. The molecule has 0 aromatic carbocycles. The van der Waals surface area contributed by atoms with E-state index in [-0.39, 0.29) is 47.9 Å². The summed E-state index contributed by atoms with van der Waals surface area (Å²) in [6.07, 6.45) is 4.27. The molecule has 0 aromatic heterocycles. The SMILES string of the molecule is CCOCCCNC(=NCC(=O)N(C)C)NC1CC(OCC)C1(CC)CC.I. The number of ether oxygens (including phenoxy) is 2. The normalized spacial score (nSPS) is 20.7. The highest BCUT2D eigenvalue weighted by Gasteiger charge is 2.53. The maximum absolute atomic E-state index is 11.9. The number of hydrogen-bond donors (Lipinski definition) is 2. The van der Waals surface area contributed by atoms with Gasteiger partial charge in [0, 0.05) is 51.9 Å². The van der Waals surface area contributed by atoms with Crippen molar-refractivity contribution in [3.8, 4) is 0 Å². The largest absolute Gasteiger partial charge is 0.382 e. The molecule has 0 radical (unpaired) electrons. The lowest BCUT2D eigenvalue weighted by Gasteiger charge is -2.55. The van der Waals surface area contributed by atoms with Crippen LogP contribution in [0.1, 0.15) is 53.4 Å². The molecule has 0 aliphatic heterocycles. The molecule has 166 valence electrons. The van der Waals surface area contributed by atoms with Crippen LogP contribution < -0.4 is 10.6 Å². The molecule has 1 rings (SSSR count). The third kappa shape index (κ3) is 7.67. The Labute approximate surface area is 188 Å². The summed E-state index contributed by atoms with van der Waals surface area (Å²) in [7, 11) is 3.50. The molecular formula is C20H41IN4O3. The van der Waals surface area contributed by atoms with Gasteiger partial charge in [-0.15, -0.1) is 24.0 Å². The summed E-state index contributed by atoms with van der Waals surface area (Å²) in [5.41, 5.74) is 0.120. The van der Waals surface area contributed by atoms with Crippen molar-refractivity contribution < 1.29 is 14.3 Å². The summed E-state index contributed by atoms with van der Waals surface area (Å²) >= 11 is 0. The number of nitrogens with one attached hydrogen (secondary N) is 2. The number of carbonyl (C=O) groups excluding carboxylic acids is 1. The number of guanidine groups is 1. The summed E-state index contributed by atoms with van der Waals surface area (Å²) in [6, 6.07) is 0.302. The van der Waals surface area contributed by atoms with Crippen molar-refractivity contribution in [2.45, 2.75) is 65.5 Å². The van der Waals surface area contributed by atoms with E-state index in [1.54, 1.807) is 19.0 Å². The van der Waals surface area contributed by atoms with Gasteiger partial charge in [0.1, 0.15) is 6.54 Å². The Morgan fingerprint density at radius 2 is 1.86 bits per heavy atom. The van der Waals surface area contributed by atoms with E-state index in [4.69, 9.17) is 9.47 Å². The highest BCUT2D eigenvalue weighted by Crippen LogP contribution is 2.48. The first-order valence-corrected chi connectivity index (χ1v) is 10.4. The molecule has 0 aromatic rings. The minimum Gasteiger partial charge on any atom is -0.382 e. The average Bonchev–Trinajstić information content (AvgIpc) is 2.65. The Hall–Kier alpha value is -0.610. The summed E-state index contributed by atoms with van der Waals surface area (Å²) < 4.78 is 11.4. The van der Waals surface area contributed by atoms with E-state index in [1.165, 1.54) is 0 Å². The van der Waals surface area contributed by atoms with Gasteiger partial charge >= 0.3 is 0 Å². The zero-order chi connectivity index (χ0) is 20.3. The van der Waals surface area contributed by atoms with E-state index in [0.717, 1.165) is 52.0 Å². The molecule has 1 fully saturated rings. The van der Waals surface area contributed by atoms with Gasteiger partial charge in [-0.2, -0.15) is 0 Å². The van der Waals surface area contributed by atoms with E-state index in [0.29, 0.717) is 12.0 Å². The summed E-state index contributed by atoms with van der Waals surface area (Å²) in [4.78, 5) is 18.0. The van der Waals surface area contributed by atoms with Crippen molar-refractivity contribution in [1.82, 2.24) is 15.5 Å². The Bertz CT molecular complexity index is 470. The van der Waals surface area contributed by atoms with Crippen LogP contribution in [0, 0.1) is 5.41 Å². The highest BCUT2D eigenvalue weighted by molar-refractivity contribution is 14.0. The maximum Gasteiger partial charge on any atom is 0.243 e. The minimum atomic E-state index is -0.0107. The number of aliphatic imine (C=N–C) groups is 1. The predicted molar refractivity (Wildman–Crippen MR) is 125 cm³/mol. The van der Waals surface area contributed by atoms with Gasteiger partial charge in [-0.1, -0.05) is 13.8 Å². The first kappa shape index (κ1) is 27.4. The van der Waals surface area contributed by atoms with Crippen molar-refractivity contribution in [2.75, 3.05) is 47.0 Å². The van der Waals surface area contributed by atoms with Gasteiger partial charge in [0.25, 0.3) is 0 Å². The van der Waals surface area contributed by atoms with E-state index in [1.807, 2.05) is 6.92 Å². The van der Waals surface area contributed by atoms with Crippen LogP contribution in [0.3, 0.4) is 0 Å². The minimum absolute atomic E-state index is 0. The maximum atomic E-state index is 11.9. The molecule has 0 bridgehead atoms. The molecule has 0 saturated heterocycles. The fourth-order valence-corrected chi connectivity index (χ4v) is 3.71. The van der Waals surface area contributed by atoms with Crippen LogP contribution in [0.4, 0.5) is 0 Å². The molecule has 28 heavy (non-hydrogen) atoms. The van der Waals surface area contributed by atoms with Gasteiger partial charge < -0.3 is 25.0 Å². The summed E-state index contributed by atoms with van der Waals surface area (Å²) in [6.45, 7) is 11.6. The van der Waals surface area contributed by atoms with Crippen LogP contribution in [-0.4, -0.2) is 75.9 Å². The van der Waals surface area contributed by atoms with Crippen molar-refractivity contribution in [2.24, 2.45) is 10.4 Å². The number of rotatable bonds is 12. The molecule has 1 aliphatic rings. The first-order chi connectivity index (χ1) is 12.9. The molecule has 1 saturated carbocycles. The van der Waals surface area contributed by atoms with E-state index in [2.05, 4.69) is 36.4 Å². The van der Waals surface area contributed by atoms with Gasteiger partial charge in [0.05, 0.1) is 6.10 Å². The standard InChI is InChI=1S/C20H40N4O3.HI/c1-7-20(8-2)16(14-17(20)27-10-4)23-19(21-12-11-13-26-9-3)22-15-18(25)24(5)6;/h16-17H,7-15H2,1-6H3,(H2,21,22,23);1H. The number of hydrogen-bond acceptors (Lipinski definition) is 4. The van der Waals surface area contributed by atoms with Crippen LogP contribution >= 0.6 is 24.0 Å². The predicted octanol–water partition coefficient (Wildman–Crippen LogP) is 2.64. The second kappa shape index (κ2) is 14.4. The molecule has 7 nitrogen and oxygen atoms in total. The zero-order valence-electron chi connectivity index (χ0n) is 18.5. The van der Waals surface area contributed by atoms with Crippen LogP contribution in [-0.2, 0) is 14.3 Å². The van der Waals surface area contributed by atoms with Crippen molar-refractivity contribution >= 4 is 35.8 Å². The Morgan fingerprint density at radius 3 is 2.39 bits per heavy atom. The van der Waals surface area contributed by atoms with Crippen LogP contribution in [0.25, 0.3) is 0 Å². The third-order valence-electron chi connectivity index (χ3n) is 5.61. The van der Waals surface area contributed by atoms with E-state index < -0.39 is 0 Å². The monoisotopic (exact) mass is 512 g/mol. The van der Waals surface area contributed by atoms with Gasteiger partial charge in [0.2, 0.25) is 5.91 Å².